The van der Waals surface area contributed by atoms with Gasteiger partial charge >= 0.3 is 0 Å². The fourth-order valence-electron chi connectivity index (χ4n) is 1.70. The molecule has 0 bridgehead atoms. The smallest absolute Gasteiger partial charge is 0.159 e. The zero-order chi connectivity index (χ0) is 14.3. The normalized spacial score (nSPS) is 12.2. The van der Waals surface area contributed by atoms with E-state index in [4.69, 9.17) is 4.74 Å². The quantitative estimate of drug-likeness (QED) is 0.653. The van der Waals surface area contributed by atoms with Crippen LogP contribution >= 0.6 is 11.8 Å². The van der Waals surface area contributed by atoms with Crippen LogP contribution in [-0.2, 0) is 5.75 Å². The summed E-state index contributed by atoms with van der Waals surface area (Å²) in [7, 11) is 0. The molecule has 0 N–H and O–H groups in total. The Balaban J connectivity index is 2.76. The maximum Gasteiger partial charge on any atom is 0.159 e. The number of carbonyl (C=O) groups is 1. The molecule has 0 aliphatic heterocycles. The van der Waals surface area contributed by atoms with Crippen LogP contribution in [0.2, 0.25) is 0 Å². The Morgan fingerprint density at radius 2 is 2.11 bits per heavy atom. The minimum Gasteiger partial charge on any atom is -0.494 e. The van der Waals surface area contributed by atoms with Gasteiger partial charge in [-0.05, 0) is 43.7 Å². The van der Waals surface area contributed by atoms with Crippen molar-refractivity contribution in [2.24, 2.45) is 5.92 Å². The van der Waals surface area contributed by atoms with Gasteiger partial charge in [-0.2, -0.15) is 11.8 Å². The largest absolute Gasteiger partial charge is 0.494 e. The lowest BCUT2D eigenvalue weighted by Crippen LogP contribution is -2.01. The molecule has 0 aliphatic rings. The summed E-state index contributed by atoms with van der Waals surface area (Å²) in [5.41, 5.74) is 1.89. The van der Waals surface area contributed by atoms with Crippen molar-refractivity contribution in [2.75, 3.05) is 12.4 Å². The Kier molecular flexibility index (Phi) is 7.00. The molecule has 106 valence electrons. The van der Waals surface area contributed by atoms with Gasteiger partial charge < -0.3 is 4.74 Å². The van der Waals surface area contributed by atoms with Crippen molar-refractivity contribution in [3.05, 3.63) is 29.3 Å². The molecule has 0 aliphatic carbocycles. The molecule has 3 heteroatoms. The Hall–Kier alpha value is -0.960. The molecule has 0 aromatic heterocycles. The first-order valence-corrected chi connectivity index (χ1v) is 8.08. The molecule has 0 radical (unpaired) electrons. The molecule has 19 heavy (non-hydrogen) atoms. The fraction of sp³-hybridized carbons (Fsp3) is 0.562. The predicted octanol–water partition coefficient (Wildman–Crippen LogP) is 4.57. The molecule has 1 aromatic rings. The summed E-state index contributed by atoms with van der Waals surface area (Å²) in [4.78, 5) is 11.4. The molecule has 1 rings (SSSR count). The number of benzene rings is 1. The molecule has 0 spiro atoms. The average molecular weight is 280 g/mol. The first-order valence-electron chi connectivity index (χ1n) is 6.92. The lowest BCUT2D eigenvalue weighted by Gasteiger charge is -2.12. The number of hydrogen-bond donors (Lipinski definition) is 0. The minimum absolute atomic E-state index is 0.108. The average Bonchev–Trinajstić information content (AvgIpc) is 2.40. The van der Waals surface area contributed by atoms with Crippen molar-refractivity contribution in [2.45, 2.75) is 39.9 Å². The van der Waals surface area contributed by atoms with Gasteiger partial charge in [0.25, 0.3) is 0 Å². The summed E-state index contributed by atoms with van der Waals surface area (Å²) in [6.45, 7) is 8.72. The zero-order valence-corrected chi connectivity index (χ0v) is 13.2. The summed E-state index contributed by atoms with van der Waals surface area (Å²) < 4.78 is 5.63. The van der Waals surface area contributed by atoms with Gasteiger partial charge in [-0.3, -0.25) is 4.79 Å². The van der Waals surface area contributed by atoms with E-state index < -0.39 is 0 Å². The maximum absolute atomic E-state index is 11.4. The summed E-state index contributed by atoms with van der Waals surface area (Å²) in [6, 6.07) is 5.73. The van der Waals surface area contributed by atoms with Crippen LogP contribution in [0.5, 0.6) is 5.75 Å². The van der Waals surface area contributed by atoms with E-state index in [1.165, 1.54) is 6.42 Å². The van der Waals surface area contributed by atoms with Crippen LogP contribution in [-0.4, -0.2) is 18.1 Å². The maximum atomic E-state index is 11.4. The van der Waals surface area contributed by atoms with Crippen LogP contribution in [0.4, 0.5) is 0 Å². The van der Waals surface area contributed by atoms with E-state index >= 15 is 0 Å². The number of ether oxygens (including phenoxy) is 1. The third-order valence-corrected chi connectivity index (χ3v) is 4.44. The molecule has 1 aromatic carbocycles. The van der Waals surface area contributed by atoms with Gasteiger partial charge in [-0.15, -0.1) is 0 Å². The van der Waals surface area contributed by atoms with E-state index in [0.29, 0.717) is 6.61 Å². The van der Waals surface area contributed by atoms with Gasteiger partial charge in [0.15, 0.2) is 5.78 Å². The Bertz CT molecular complexity index is 415. The Morgan fingerprint density at radius 1 is 1.37 bits per heavy atom. The van der Waals surface area contributed by atoms with Gasteiger partial charge in [-0.1, -0.05) is 20.3 Å². The molecular formula is C16H24O2S. The van der Waals surface area contributed by atoms with Crippen molar-refractivity contribution in [3.8, 4) is 5.75 Å². The van der Waals surface area contributed by atoms with E-state index in [0.717, 1.165) is 34.3 Å². The van der Waals surface area contributed by atoms with Gasteiger partial charge in [0, 0.05) is 16.9 Å². The van der Waals surface area contributed by atoms with Crippen LogP contribution < -0.4 is 4.74 Å². The van der Waals surface area contributed by atoms with Crippen LogP contribution in [0.25, 0.3) is 0 Å². The van der Waals surface area contributed by atoms with Crippen molar-refractivity contribution in [1.29, 1.82) is 0 Å². The molecule has 1 unspecified atom stereocenters. The van der Waals surface area contributed by atoms with Gasteiger partial charge in [0.1, 0.15) is 5.75 Å². The topological polar surface area (TPSA) is 26.3 Å². The number of carbonyl (C=O) groups excluding carboxylic acids is 1. The summed E-state index contributed by atoms with van der Waals surface area (Å²) >= 11 is 1.91. The highest BCUT2D eigenvalue weighted by molar-refractivity contribution is 7.98. The second-order valence-corrected chi connectivity index (χ2v) is 5.87. The molecule has 0 fully saturated rings. The number of hydrogen-bond acceptors (Lipinski definition) is 3. The van der Waals surface area contributed by atoms with Crippen molar-refractivity contribution in [1.82, 2.24) is 0 Å². The van der Waals surface area contributed by atoms with Crippen LogP contribution in [0.3, 0.4) is 0 Å². The van der Waals surface area contributed by atoms with Gasteiger partial charge in [0.05, 0.1) is 6.61 Å². The highest BCUT2D eigenvalue weighted by Crippen LogP contribution is 2.26. The second-order valence-electron chi connectivity index (χ2n) is 4.84. The predicted molar refractivity (Wildman–Crippen MR) is 83.2 cm³/mol. The third kappa shape index (κ3) is 5.27. The standard InChI is InChI=1S/C16H24O2S/c1-5-12(3)10-19-11-15-9-14(13(4)17)7-8-16(15)18-6-2/h7-9,12H,5-6,10-11H2,1-4H3. The number of thioether (sulfide) groups is 1. The molecule has 0 saturated carbocycles. The summed E-state index contributed by atoms with van der Waals surface area (Å²) in [6.07, 6.45) is 1.21. The number of rotatable bonds is 8. The van der Waals surface area contributed by atoms with Crippen molar-refractivity contribution < 1.29 is 9.53 Å². The van der Waals surface area contributed by atoms with Gasteiger partial charge in [-0.25, -0.2) is 0 Å². The van der Waals surface area contributed by atoms with E-state index in [9.17, 15) is 4.79 Å². The lowest BCUT2D eigenvalue weighted by atomic mass is 10.1. The van der Waals surface area contributed by atoms with Crippen molar-refractivity contribution in [3.63, 3.8) is 0 Å². The van der Waals surface area contributed by atoms with Crippen LogP contribution in [0, 0.1) is 5.92 Å². The second kappa shape index (κ2) is 8.26. The van der Waals surface area contributed by atoms with Crippen molar-refractivity contribution >= 4 is 17.5 Å². The number of ketones is 1. The van der Waals surface area contributed by atoms with E-state index in [-0.39, 0.29) is 5.78 Å². The molecule has 0 amide bonds. The first kappa shape index (κ1) is 16.1. The molecular weight excluding hydrogens is 256 g/mol. The van der Waals surface area contributed by atoms with E-state index in [2.05, 4.69) is 13.8 Å². The number of Topliss-reactive ketones (excluding diaryl/α,β-unsaturated/α-hetero) is 1. The monoisotopic (exact) mass is 280 g/mol. The molecule has 1 atom stereocenters. The Morgan fingerprint density at radius 3 is 2.68 bits per heavy atom. The van der Waals surface area contributed by atoms with Gasteiger partial charge in [0.2, 0.25) is 0 Å². The summed E-state index contributed by atoms with van der Waals surface area (Å²) in [5, 5.41) is 0. The van der Waals surface area contributed by atoms with E-state index in [1.807, 2.05) is 36.9 Å². The zero-order valence-electron chi connectivity index (χ0n) is 12.4. The first-order chi connectivity index (χ1) is 9.08. The Labute approximate surface area is 120 Å². The molecule has 0 saturated heterocycles. The minimum atomic E-state index is 0.108. The van der Waals surface area contributed by atoms with Crippen LogP contribution in [0.15, 0.2) is 18.2 Å². The van der Waals surface area contributed by atoms with E-state index in [1.54, 1.807) is 6.92 Å². The summed E-state index contributed by atoms with van der Waals surface area (Å²) in [5.74, 6) is 3.80. The van der Waals surface area contributed by atoms with Crippen LogP contribution in [0.1, 0.15) is 50.0 Å². The SMILES string of the molecule is CCOc1ccc(C(C)=O)cc1CSCC(C)CC. The fourth-order valence-corrected chi connectivity index (χ4v) is 2.90. The molecule has 2 nitrogen and oxygen atoms in total. The highest BCUT2D eigenvalue weighted by atomic mass is 32.2. The molecule has 0 heterocycles. The lowest BCUT2D eigenvalue weighted by molar-refractivity contribution is 0.101. The third-order valence-electron chi connectivity index (χ3n) is 3.12. The highest BCUT2D eigenvalue weighted by Gasteiger charge is 2.08.